The SMILES string of the molecule is Cc1cc(NCc2cc(Br)cs2)c(C(=O)O)c(C)n1. The van der Waals surface area contributed by atoms with Gasteiger partial charge >= 0.3 is 5.97 Å². The summed E-state index contributed by atoms with van der Waals surface area (Å²) in [4.78, 5) is 16.6. The van der Waals surface area contributed by atoms with Crippen LogP contribution in [0.3, 0.4) is 0 Å². The largest absolute Gasteiger partial charge is 0.478 e. The molecule has 100 valence electrons. The van der Waals surface area contributed by atoms with Crippen LogP contribution in [0.1, 0.15) is 26.6 Å². The predicted molar refractivity (Wildman–Crippen MR) is 80.0 cm³/mol. The van der Waals surface area contributed by atoms with E-state index in [1.807, 2.05) is 18.4 Å². The lowest BCUT2D eigenvalue weighted by Crippen LogP contribution is -2.10. The van der Waals surface area contributed by atoms with Crippen LogP contribution in [-0.4, -0.2) is 16.1 Å². The number of pyridine rings is 1. The fourth-order valence-corrected chi connectivity index (χ4v) is 3.26. The Morgan fingerprint density at radius 3 is 2.79 bits per heavy atom. The smallest absolute Gasteiger partial charge is 0.339 e. The number of thiophene rings is 1. The van der Waals surface area contributed by atoms with Gasteiger partial charge in [0.05, 0.1) is 11.4 Å². The number of hydrogen-bond donors (Lipinski definition) is 2. The van der Waals surface area contributed by atoms with Crippen LogP contribution in [-0.2, 0) is 6.54 Å². The van der Waals surface area contributed by atoms with Crippen LogP contribution in [0, 0.1) is 13.8 Å². The van der Waals surface area contributed by atoms with Crippen LogP contribution < -0.4 is 5.32 Å². The van der Waals surface area contributed by atoms with Crippen LogP contribution in [0.2, 0.25) is 0 Å². The number of aromatic nitrogens is 1. The number of nitrogens with one attached hydrogen (secondary N) is 1. The molecule has 2 N–H and O–H groups in total. The zero-order chi connectivity index (χ0) is 14.0. The van der Waals surface area contributed by atoms with Crippen molar-refractivity contribution in [2.75, 3.05) is 5.32 Å². The van der Waals surface area contributed by atoms with Crippen molar-refractivity contribution in [1.29, 1.82) is 0 Å². The molecule has 0 amide bonds. The summed E-state index contributed by atoms with van der Waals surface area (Å²) in [7, 11) is 0. The average Bonchev–Trinajstić information content (AvgIpc) is 2.71. The van der Waals surface area contributed by atoms with E-state index in [2.05, 4.69) is 26.2 Å². The van der Waals surface area contributed by atoms with Gasteiger partial charge in [-0.15, -0.1) is 11.3 Å². The van der Waals surface area contributed by atoms with Crippen LogP contribution in [0.15, 0.2) is 22.0 Å². The normalized spacial score (nSPS) is 10.5. The Kier molecular flexibility index (Phi) is 4.21. The van der Waals surface area contributed by atoms with Gasteiger partial charge in [0.15, 0.2) is 0 Å². The first-order chi connectivity index (χ1) is 8.97. The van der Waals surface area contributed by atoms with Crippen molar-refractivity contribution in [2.24, 2.45) is 0 Å². The number of aryl methyl sites for hydroxylation is 2. The van der Waals surface area contributed by atoms with Crippen molar-refractivity contribution in [3.05, 3.63) is 43.8 Å². The molecule has 0 bridgehead atoms. The molecule has 0 aliphatic carbocycles. The summed E-state index contributed by atoms with van der Waals surface area (Å²) in [5, 5.41) is 14.4. The zero-order valence-electron chi connectivity index (χ0n) is 10.5. The van der Waals surface area contributed by atoms with Gasteiger partial charge in [-0.1, -0.05) is 0 Å². The zero-order valence-corrected chi connectivity index (χ0v) is 12.9. The number of anilines is 1. The van der Waals surface area contributed by atoms with Gasteiger partial charge in [-0.3, -0.25) is 4.98 Å². The Labute approximate surface area is 123 Å². The molecule has 4 nitrogen and oxygen atoms in total. The lowest BCUT2D eigenvalue weighted by atomic mass is 10.1. The Morgan fingerprint density at radius 2 is 2.21 bits per heavy atom. The molecule has 0 fully saturated rings. The number of aromatic carboxylic acids is 1. The first-order valence-corrected chi connectivity index (χ1v) is 7.33. The van der Waals surface area contributed by atoms with E-state index >= 15 is 0 Å². The fraction of sp³-hybridized carbons (Fsp3) is 0.231. The molecule has 19 heavy (non-hydrogen) atoms. The molecule has 0 saturated heterocycles. The number of rotatable bonds is 4. The number of carbonyl (C=O) groups is 1. The third-order valence-corrected chi connectivity index (χ3v) is 4.31. The number of carboxylic acids is 1. The maximum absolute atomic E-state index is 11.3. The van der Waals surface area contributed by atoms with Gasteiger partial charge in [0.2, 0.25) is 0 Å². The number of nitrogens with zero attached hydrogens (tertiary/aromatic N) is 1. The Bertz CT molecular complexity index is 625. The molecule has 2 rings (SSSR count). The van der Waals surface area contributed by atoms with Crippen LogP contribution in [0.25, 0.3) is 0 Å². The molecule has 2 aromatic heterocycles. The molecule has 0 spiro atoms. The summed E-state index contributed by atoms with van der Waals surface area (Å²) in [6, 6.07) is 3.78. The second kappa shape index (κ2) is 5.71. The van der Waals surface area contributed by atoms with Gasteiger partial charge < -0.3 is 10.4 Å². The van der Waals surface area contributed by atoms with Crippen molar-refractivity contribution in [1.82, 2.24) is 4.98 Å². The van der Waals surface area contributed by atoms with E-state index in [-0.39, 0.29) is 5.56 Å². The highest BCUT2D eigenvalue weighted by Gasteiger charge is 2.15. The van der Waals surface area contributed by atoms with Gasteiger partial charge in [-0.25, -0.2) is 4.79 Å². The highest BCUT2D eigenvalue weighted by atomic mass is 79.9. The first kappa shape index (κ1) is 14.0. The fourth-order valence-electron chi connectivity index (χ4n) is 1.87. The van der Waals surface area contributed by atoms with Crippen molar-refractivity contribution in [2.45, 2.75) is 20.4 Å². The topological polar surface area (TPSA) is 62.2 Å². The highest BCUT2D eigenvalue weighted by Crippen LogP contribution is 2.23. The highest BCUT2D eigenvalue weighted by molar-refractivity contribution is 9.10. The molecule has 2 heterocycles. The van der Waals surface area contributed by atoms with E-state index in [4.69, 9.17) is 0 Å². The minimum atomic E-state index is -0.958. The quantitative estimate of drug-likeness (QED) is 0.887. The molecule has 0 unspecified atom stereocenters. The Morgan fingerprint density at radius 1 is 1.47 bits per heavy atom. The summed E-state index contributed by atoms with van der Waals surface area (Å²) >= 11 is 5.02. The molecule has 0 aliphatic rings. The van der Waals surface area contributed by atoms with Crippen molar-refractivity contribution < 1.29 is 9.90 Å². The van der Waals surface area contributed by atoms with Gasteiger partial charge in [0, 0.05) is 27.0 Å². The van der Waals surface area contributed by atoms with Gasteiger partial charge in [0.1, 0.15) is 5.56 Å². The van der Waals surface area contributed by atoms with Crippen LogP contribution in [0.5, 0.6) is 0 Å². The second-order valence-electron chi connectivity index (χ2n) is 4.16. The molecule has 2 aromatic rings. The molecule has 0 radical (unpaired) electrons. The van der Waals surface area contributed by atoms with Crippen molar-refractivity contribution in [3.8, 4) is 0 Å². The third kappa shape index (κ3) is 3.33. The Balaban J connectivity index is 2.26. The maximum atomic E-state index is 11.3. The van der Waals surface area contributed by atoms with Crippen LogP contribution >= 0.6 is 27.3 Å². The van der Waals surface area contributed by atoms with Crippen molar-refractivity contribution in [3.63, 3.8) is 0 Å². The molecular weight excluding hydrogens is 328 g/mol. The molecule has 0 saturated carbocycles. The van der Waals surface area contributed by atoms with E-state index in [9.17, 15) is 9.90 Å². The lowest BCUT2D eigenvalue weighted by molar-refractivity contribution is 0.0696. The molecular formula is C13H13BrN2O2S. The minimum Gasteiger partial charge on any atom is -0.478 e. The molecule has 0 aliphatic heterocycles. The summed E-state index contributed by atoms with van der Waals surface area (Å²) in [6.07, 6.45) is 0. The number of carboxylic acid groups (broad SMARTS) is 1. The Hall–Kier alpha value is -1.40. The summed E-state index contributed by atoms with van der Waals surface area (Å²) in [6.45, 7) is 4.16. The average molecular weight is 341 g/mol. The molecule has 6 heteroatoms. The minimum absolute atomic E-state index is 0.237. The lowest BCUT2D eigenvalue weighted by Gasteiger charge is -2.11. The van der Waals surface area contributed by atoms with E-state index in [0.29, 0.717) is 17.9 Å². The maximum Gasteiger partial charge on any atom is 0.339 e. The van der Waals surface area contributed by atoms with E-state index in [1.165, 1.54) is 0 Å². The summed E-state index contributed by atoms with van der Waals surface area (Å²) in [5.74, 6) is -0.958. The summed E-state index contributed by atoms with van der Waals surface area (Å²) < 4.78 is 1.04. The standard InChI is InChI=1S/C13H13BrN2O2S/c1-7-3-11(12(13(17)18)8(2)16-7)15-5-10-4-9(14)6-19-10/h3-4,6H,5H2,1-2H3,(H,15,16)(H,17,18). The predicted octanol–water partition coefficient (Wildman–Crippen LogP) is 3.83. The van der Waals surface area contributed by atoms with E-state index in [1.54, 1.807) is 24.3 Å². The third-order valence-electron chi connectivity index (χ3n) is 2.62. The van der Waals surface area contributed by atoms with Gasteiger partial charge in [-0.2, -0.15) is 0 Å². The number of hydrogen-bond acceptors (Lipinski definition) is 4. The van der Waals surface area contributed by atoms with Crippen LogP contribution in [0.4, 0.5) is 5.69 Å². The molecule has 0 atom stereocenters. The van der Waals surface area contributed by atoms with Crippen molar-refractivity contribution >= 4 is 38.9 Å². The second-order valence-corrected chi connectivity index (χ2v) is 6.07. The monoisotopic (exact) mass is 340 g/mol. The number of halogens is 1. The summed E-state index contributed by atoms with van der Waals surface area (Å²) in [5.41, 5.74) is 2.18. The van der Waals surface area contributed by atoms with Gasteiger partial charge in [0.25, 0.3) is 0 Å². The van der Waals surface area contributed by atoms with E-state index < -0.39 is 5.97 Å². The molecule has 0 aromatic carbocycles. The van der Waals surface area contributed by atoms with Gasteiger partial charge in [-0.05, 0) is 41.9 Å². The first-order valence-electron chi connectivity index (χ1n) is 5.65. The van der Waals surface area contributed by atoms with E-state index in [0.717, 1.165) is 15.0 Å².